The maximum absolute atomic E-state index is 8.69. The highest BCUT2D eigenvalue weighted by Crippen LogP contribution is 2.03. The van der Waals surface area contributed by atoms with Gasteiger partial charge < -0.3 is 5.32 Å². The van der Waals surface area contributed by atoms with Gasteiger partial charge in [-0.25, -0.2) is 9.97 Å². The predicted octanol–water partition coefficient (Wildman–Crippen LogP) is 1.40. The summed E-state index contributed by atoms with van der Waals surface area (Å²) in [4.78, 5) is 12.0. The van der Waals surface area contributed by atoms with Crippen LogP contribution in [-0.4, -0.2) is 21.5 Å². The number of aromatic nitrogens is 3. The Kier molecular flexibility index (Phi) is 3.61. The molecule has 17 heavy (non-hydrogen) atoms. The molecule has 0 aliphatic heterocycles. The first-order valence-electron chi connectivity index (χ1n) is 5.24. The van der Waals surface area contributed by atoms with Crippen molar-refractivity contribution in [3.05, 3.63) is 48.2 Å². The number of rotatable bonds is 4. The molecule has 0 atom stereocenters. The van der Waals surface area contributed by atoms with Gasteiger partial charge in [-0.2, -0.15) is 5.26 Å². The molecule has 0 saturated carbocycles. The first-order valence-corrected chi connectivity index (χ1v) is 5.24. The Morgan fingerprint density at radius 1 is 1.24 bits per heavy atom. The van der Waals surface area contributed by atoms with Crippen molar-refractivity contribution in [1.82, 2.24) is 15.0 Å². The van der Waals surface area contributed by atoms with Crippen LogP contribution in [0.1, 0.15) is 11.4 Å². The lowest BCUT2D eigenvalue weighted by Gasteiger charge is -2.04. The fraction of sp³-hybridized carbons (Fsp3) is 0.167. The van der Waals surface area contributed by atoms with Crippen molar-refractivity contribution in [3.8, 4) is 6.07 Å². The van der Waals surface area contributed by atoms with Crippen LogP contribution in [0.4, 0.5) is 5.82 Å². The lowest BCUT2D eigenvalue weighted by Crippen LogP contribution is -2.07. The van der Waals surface area contributed by atoms with E-state index in [-0.39, 0.29) is 0 Å². The van der Waals surface area contributed by atoms with Crippen LogP contribution < -0.4 is 5.32 Å². The second kappa shape index (κ2) is 5.56. The van der Waals surface area contributed by atoms with Gasteiger partial charge in [-0.05, 0) is 12.1 Å². The summed E-state index contributed by atoms with van der Waals surface area (Å²) in [5.41, 5.74) is 1.38. The van der Waals surface area contributed by atoms with Crippen molar-refractivity contribution in [3.63, 3.8) is 0 Å². The van der Waals surface area contributed by atoms with Gasteiger partial charge in [-0.1, -0.05) is 6.07 Å². The number of hydrogen-bond donors (Lipinski definition) is 1. The third-order valence-electron chi connectivity index (χ3n) is 2.20. The van der Waals surface area contributed by atoms with Crippen LogP contribution in [0, 0.1) is 11.3 Å². The van der Waals surface area contributed by atoms with Crippen molar-refractivity contribution >= 4 is 5.82 Å². The van der Waals surface area contributed by atoms with Gasteiger partial charge in [-0.3, -0.25) is 4.98 Å². The highest BCUT2D eigenvalue weighted by atomic mass is 15.0. The fourth-order valence-corrected chi connectivity index (χ4v) is 1.38. The lowest BCUT2D eigenvalue weighted by atomic mass is 10.3. The number of pyridine rings is 1. The molecule has 0 unspecified atom stereocenters. The van der Waals surface area contributed by atoms with Crippen molar-refractivity contribution in [2.24, 2.45) is 0 Å². The molecular weight excluding hydrogens is 214 g/mol. The molecule has 2 heterocycles. The van der Waals surface area contributed by atoms with Gasteiger partial charge in [0, 0.05) is 30.9 Å². The van der Waals surface area contributed by atoms with Crippen molar-refractivity contribution in [2.45, 2.75) is 6.42 Å². The summed E-state index contributed by atoms with van der Waals surface area (Å²) < 4.78 is 0. The van der Waals surface area contributed by atoms with E-state index >= 15 is 0 Å². The molecule has 0 fully saturated rings. The highest BCUT2D eigenvalue weighted by Gasteiger charge is 1.97. The zero-order valence-electron chi connectivity index (χ0n) is 9.17. The van der Waals surface area contributed by atoms with E-state index in [1.165, 1.54) is 6.33 Å². The summed E-state index contributed by atoms with van der Waals surface area (Å²) in [5, 5.41) is 11.8. The summed E-state index contributed by atoms with van der Waals surface area (Å²) in [5.74, 6) is 0.660. The van der Waals surface area contributed by atoms with Gasteiger partial charge in [0.25, 0.3) is 0 Å². The molecule has 0 aliphatic carbocycles. The smallest absolute Gasteiger partial charge is 0.145 e. The van der Waals surface area contributed by atoms with Crippen LogP contribution in [0.5, 0.6) is 0 Å². The third kappa shape index (κ3) is 3.24. The minimum atomic E-state index is 0.361. The van der Waals surface area contributed by atoms with Crippen LogP contribution in [0.2, 0.25) is 0 Å². The van der Waals surface area contributed by atoms with Gasteiger partial charge in [0.2, 0.25) is 0 Å². The van der Waals surface area contributed by atoms with Crippen molar-refractivity contribution in [2.75, 3.05) is 11.9 Å². The summed E-state index contributed by atoms with van der Waals surface area (Å²) in [6.45, 7) is 0.721. The zero-order valence-corrected chi connectivity index (χ0v) is 9.17. The number of nitriles is 1. The van der Waals surface area contributed by atoms with Crippen LogP contribution >= 0.6 is 0 Å². The monoisotopic (exact) mass is 225 g/mol. The molecule has 0 saturated heterocycles. The standard InChI is InChI=1S/C12H11N5/c13-8-11-7-12(17-9-16-11)15-6-4-10-3-1-2-5-14-10/h1-3,5,7,9H,4,6H2,(H,15,16,17). The van der Waals surface area contributed by atoms with E-state index < -0.39 is 0 Å². The average molecular weight is 225 g/mol. The predicted molar refractivity (Wildman–Crippen MR) is 63.2 cm³/mol. The van der Waals surface area contributed by atoms with Gasteiger partial charge in [0.15, 0.2) is 0 Å². The molecular formula is C12H11N5. The van der Waals surface area contributed by atoms with Gasteiger partial charge in [0.05, 0.1) is 0 Å². The van der Waals surface area contributed by atoms with Crippen LogP contribution in [0.15, 0.2) is 36.8 Å². The average Bonchev–Trinajstić information content (AvgIpc) is 2.40. The number of anilines is 1. The van der Waals surface area contributed by atoms with Crippen LogP contribution in [-0.2, 0) is 6.42 Å². The van der Waals surface area contributed by atoms with E-state index in [4.69, 9.17) is 5.26 Å². The normalized spacial score (nSPS) is 9.59. The molecule has 0 aliphatic rings. The minimum Gasteiger partial charge on any atom is -0.370 e. The Morgan fingerprint density at radius 3 is 2.94 bits per heavy atom. The van der Waals surface area contributed by atoms with Crippen LogP contribution in [0.3, 0.4) is 0 Å². The minimum absolute atomic E-state index is 0.361. The summed E-state index contributed by atoms with van der Waals surface area (Å²) in [6, 6.07) is 9.42. The molecule has 1 N–H and O–H groups in total. The maximum atomic E-state index is 8.69. The molecule has 0 radical (unpaired) electrons. The topological polar surface area (TPSA) is 74.5 Å². The second-order valence-corrected chi connectivity index (χ2v) is 3.40. The molecule has 2 aromatic heterocycles. The van der Waals surface area contributed by atoms with E-state index in [1.54, 1.807) is 12.3 Å². The van der Waals surface area contributed by atoms with Crippen molar-refractivity contribution in [1.29, 1.82) is 5.26 Å². The first kappa shape index (κ1) is 11.0. The van der Waals surface area contributed by atoms with E-state index in [9.17, 15) is 0 Å². The molecule has 5 heteroatoms. The summed E-state index contributed by atoms with van der Waals surface area (Å²) in [7, 11) is 0. The molecule has 0 amide bonds. The number of hydrogen-bond acceptors (Lipinski definition) is 5. The van der Waals surface area contributed by atoms with E-state index in [0.29, 0.717) is 11.5 Å². The Labute approximate surface area is 99.2 Å². The van der Waals surface area contributed by atoms with Gasteiger partial charge in [-0.15, -0.1) is 0 Å². The Hall–Kier alpha value is -2.48. The Bertz CT molecular complexity index is 518. The van der Waals surface area contributed by atoms with Gasteiger partial charge >= 0.3 is 0 Å². The largest absolute Gasteiger partial charge is 0.370 e. The summed E-state index contributed by atoms with van der Waals surface area (Å²) >= 11 is 0. The van der Waals surface area contributed by atoms with Gasteiger partial charge in [0.1, 0.15) is 23.9 Å². The quantitative estimate of drug-likeness (QED) is 0.851. The molecule has 84 valence electrons. The fourth-order valence-electron chi connectivity index (χ4n) is 1.38. The molecule has 0 spiro atoms. The molecule has 5 nitrogen and oxygen atoms in total. The SMILES string of the molecule is N#Cc1cc(NCCc2ccccn2)ncn1. The Balaban J connectivity index is 1.88. The first-order chi connectivity index (χ1) is 8.38. The second-order valence-electron chi connectivity index (χ2n) is 3.40. The van der Waals surface area contributed by atoms with E-state index in [1.807, 2.05) is 24.3 Å². The molecule has 0 aromatic carbocycles. The lowest BCUT2D eigenvalue weighted by molar-refractivity contribution is 0.950. The maximum Gasteiger partial charge on any atom is 0.145 e. The van der Waals surface area contributed by atoms with Crippen LogP contribution in [0.25, 0.3) is 0 Å². The molecule has 2 rings (SSSR count). The Morgan fingerprint density at radius 2 is 2.18 bits per heavy atom. The number of nitrogens with zero attached hydrogens (tertiary/aromatic N) is 4. The molecule has 2 aromatic rings. The highest BCUT2D eigenvalue weighted by molar-refractivity contribution is 5.38. The number of nitrogens with one attached hydrogen (secondary N) is 1. The van der Waals surface area contributed by atoms with Crippen molar-refractivity contribution < 1.29 is 0 Å². The zero-order chi connectivity index (χ0) is 11.9. The summed E-state index contributed by atoms with van der Waals surface area (Å²) in [6.07, 6.45) is 3.96. The third-order valence-corrected chi connectivity index (χ3v) is 2.20. The van der Waals surface area contributed by atoms with E-state index in [0.717, 1.165) is 18.7 Å². The van der Waals surface area contributed by atoms with E-state index in [2.05, 4.69) is 20.3 Å². The molecule has 0 bridgehead atoms.